The van der Waals surface area contributed by atoms with Crippen LogP contribution in [-0.2, 0) is 14.6 Å². The molecular weight excluding hydrogens is 391 g/mol. The van der Waals surface area contributed by atoms with Gasteiger partial charge in [0, 0.05) is 32.0 Å². The van der Waals surface area contributed by atoms with Crippen molar-refractivity contribution in [1.82, 2.24) is 4.90 Å². The molecule has 0 unspecified atom stereocenters. The molecule has 1 amide bonds. The van der Waals surface area contributed by atoms with E-state index in [9.17, 15) is 36.5 Å². The van der Waals surface area contributed by atoms with E-state index in [2.05, 4.69) is 5.32 Å². The van der Waals surface area contributed by atoms with Crippen molar-refractivity contribution in [3.8, 4) is 0 Å². The quantitative estimate of drug-likeness (QED) is 0.590. The highest BCUT2D eigenvalue weighted by Gasteiger charge is 2.43. The normalized spacial score (nSPS) is 16.2. The van der Waals surface area contributed by atoms with Gasteiger partial charge in [0.25, 0.3) is 5.69 Å². The number of nitrogens with zero attached hydrogens (tertiary/aromatic N) is 2. The average Bonchev–Trinajstić information content (AvgIpc) is 2.58. The van der Waals surface area contributed by atoms with Gasteiger partial charge in [0.1, 0.15) is 5.69 Å². The Morgan fingerprint density at radius 3 is 2.41 bits per heavy atom. The number of sulfone groups is 1. The van der Waals surface area contributed by atoms with Gasteiger partial charge in [-0.15, -0.1) is 0 Å². The van der Waals surface area contributed by atoms with Gasteiger partial charge in [0.2, 0.25) is 0 Å². The fourth-order valence-electron chi connectivity index (χ4n) is 2.82. The summed E-state index contributed by atoms with van der Waals surface area (Å²) in [5.74, 6) is -1.93. The molecule has 1 saturated heterocycles. The third kappa shape index (κ3) is 5.31. The van der Waals surface area contributed by atoms with Crippen molar-refractivity contribution in [3.63, 3.8) is 0 Å². The van der Waals surface area contributed by atoms with Gasteiger partial charge >= 0.3 is 12.1 Å². The number of nitrogens with one attached hydrogen (secondary N) is 1. The molecule has 0 aromatic heterocycles. The first-order valence-corrected chi connectivity index (χ1v) is 9.87. The minimum Gasteiger partial charge on any atom is -0.379 e. The molecule has 0 atom stereocenters. The Labute approximate surface area is 153 Å². The first-order chi connectivity index (χ1) is 12.4. The number of halogens is 3. The molecule has 8 nitrogen and oxygen atoms in total. The van der Waals surface area contributed by atoms with Gasteiger partial charge < -0.3 is 10.2 Å². The second-order valence-corrected chi connectivity index (χ2v) is 8.34. The van der Waals surface area contributed by atoms with Gasteiger partial charge in [-0.1, -0.05) is 0 Å². The summed E-state index contributed by atoms with van der Waals surface area (Å²) in [4.78, 5) is 22.2. The lowest BCUT2D eigenvalue weighted by Gasteiger charge is -2.32. The first-order valence-electron chi connectivity index (χ1n) is 7.98. The summed E-state index contributed by atoms with van der Waals surface area (Å²) in [6.45, 7) is 0.173. The highest BCUT2D eigenvalue weighted by Crippen LogP contribution is 2.29. The van der Waals surface area contributed by atoms with Crippen LogP contribution in [-0.4, -0.2) is 56.2 Å². The van der Waals surface area contributed by atoms with Crippen molar-refractivity contribution in [1.29, 1.82) is 0 Å². The molecule has 1 N–H and O–H groups in total. The second kappa shape index (κ2) is 7.71. The Kier molecular flexibility index (Phi) is 5.97. The van der Waals surface area contributed by atoms with Crippen molar-refractivity contribution >= 4 is 27.1 Å². The van der Waals surface area contributed by atoms with Crippen molar-refractivity contribution in [3.05, 3.63) is 28.3 Å². The maximum atomic E-state index is 12.4. The van der Waals surface area contributed by atoms with Crippen LogP contribution in [0.1, 0.15) is 12.8 Å². The first kappa shape index (κ1) is 20.9. The molecule has 0 aliphatic carbocycles. The van der Waals surface area contributed by atoms with Gasteiger partial charge in [-0.3, -0.25) is 14.9 Å². The molecule has 1 aromatic carbocycles. The van der Waals surface area contributed by atoms with E-state index in [0.717, 1.165) is 17.2 Å². The minimum atomic E-state index is -4.90. The zero-order valence-corrected chi connectivity index (χ0v) is 15.1. The van der Waals surface area contributed by atoms with Crippen LogP contribution in [0.5, 0.6) is 0 Å². The largest absolute Gasteiger partial charge is 0.471 e. The summed E-state index contributed by atoms with van der Waals surface area (Å²) < 4.78 is 60.3. The van der Waals surface area contributed by atoms with E-state index in [1.54, 1.807) is 0 Å². The fourth-order valence-corrected chi connectivity index (χ4v) is 3.46. The van der Waals surface area contributed by atoms with E-state index in [1.165, 1.54) is 12.1 Å². The van der Waals surface area contributed by atoms with Gasteiger partial charge in [-0.25, -0.2) is 8.42 Å². The summed E-state index contributed by atoms with van der Waals surface area (Å²) >= 11 is 0. The Balaban J connectivity index is 2.00. The highest BCUT2D eigenvalue weighted by atomic mass is 32.2. The third-order valence-electron chi connectivity index (χ3n) is 4.32. The number of rotatable bonds is 5. The number of likely N-dealkylation sites (tertiary alicyclic amines) is 1. The van der Waals surface area contributed by atoms with Gasteiger partial charge in [-0.05, 0) is 30.9 Å². The molecule has 1 aliphatic rings. The van der Waals surface area contributed by atoms with Crippen molar-refractivity contribution in [2.45, 2.75) is 23.9 Å². The number of nitro groups is 1. The average molecular weight is 409 g/mol. The lowest BCUT2D eigenvalue weighted by atomic mass is 9.96. The number of hydrogen-bond acceptors (Lipinski definition) is 6. The number of piperidine rings is 1. The van der Waals surface area contributed by atoms with E-state index >= 15 is 0 Å². The van der Waals surface area contributed by atoms with Crippen LogP contribution in [0.25, 0.3) is 0 Å². The van der Waals surface area contributed by atoms with E-state index in [1.807, 2.05) is 0 Å². The summed E-state index contributed by atoms with van der Waals surface area (Å²) in [5, 5.41) is 14.0. The SMILES string of the molecule is CS(=O)(=O)c1ccc(NCC2CCN(C(=O)C(F)(F)F)CC2)c([N+](=O)[O-])c1. The summed E-state index contributed by atoms with van der Waals surface area (Å²) in [6, 6.07) is 3.49. The van der Waals surface area contributed by atoms with Crippen LogP contribution in [0.4, 0.5) is 24.5 Å². The molecule has 1 aromatic rings. The van der Waals surface area contributed by atoms with E-state index in [4.69, 9.17) is 0 Å². The fraction of sp³-hybridized carbons (Fsp3) is 0.533. The number of benzene rings is 1. The number of carbonyl (C=O) groups is 1. The Morgan fingerprint density at radius 1 is 1.33 bits per heavy atom. The lowest BCUT2D eigenvalue weighted by Crippen LogP contribution is -2.46. The number of hydrogen-bond donors (Lipinski definition) is 1. The zero-order valence-electron chi connectivity index (χ0n) is 14.3. The highest BCUT2D eigenvalue weighted by molar-refractivity contribution is 7.90. The summed E-state index contributed by atoms with van der Waals surface area (Å²) in [5.41, 5.74) is -0.274. The van der Waals surface area contributed by atoms with Crippen LogP contribution >= 0.6 is 0 Å². The van der Waals surface area contributed by atoms with E-state index in [-0.39, 0.29) is 36.1 Å². The number of amides is 1. The van der Waals surface area contributed by atoms with Crippen LogP contribution in [0.15, 0.2) is 23.1 Å². The molecular formula is C15H18F3N3O5S. The Bertz CT molecular complexity index is 834. The Morgan fingerprint density at radius 2 is 1.93 bits per heavy atom. The molecule has 1 fully saturated rings. The molecule has 0 bridgehead atoms. The zero-order chi connectivity index (χ0) is 20.4. The molecule has 12 heteroatoms. The van der Waals surface area contributed by atoms with Crippen molar-refractivity contribution < 1.29 is 31.3 Å². The molecule has 0 saturated carbocycles. The van der Waals surface area contributed by atoms with Gasteiger partial charge in [0.05, 0.1) is 9.82 Å². The van der Waals surface area contributed by atoms with Crippen molar-refractivity contribution in [2.75, 3.05) is 31.2 Å². The van der Waals surface area contributed by atoms with Crippen LogP contribution < -0.4 is 5.32 Å². The number of anilines is 1. The molecule has 2 rings (SSSR count). The predicted molar refractivity (Wildman–Crippen MR) is 90.1 cm³/mol. The maximum Gasteiger partial charge on any atom is 0.471 e. The molecule has 0 spiro atoms. The molecule has 0 radical (unpaired) electrons. The summed E-state index contributed by atoms with van der Waals surface area (Å²) in [6.07, 6.45) is -3.31. The Hall–Kier alpha value is -2.37. The van der Waals surface area contributed by atoms with Crippen LogP contribution in [0, 0.1) is 16.0 Å². The number of alkyl halides is 3. The molecule has 27 heavy (non-hydrogen) atoms. The van der Waals surface area contributed by atoms with E-state index in [0.29, 0.717) is 12.8 Å². The molecule has 1 heterocycles. The monoisotopic (exact) mass is 409 g/mol. The summed E-state index contributed by atoms with van der Waals surface area (Å²) in [7, 11) is -3.60. The van der Waals surface area contributed by atoms with Gasteiger partial charge in [-0.2, -0.15) is 13.2 Å². The topological polar surface area (TPSA) is 110 Å². The third-order valence-corrected chi connectivity index (χ3v) is 5.43. The van der Waals surface area contributed by atoms with Gasteiger partial charge in [0.15, 0.2) is 9.84 Å². The number of carbonyl (C=O) groups excluding carboxylic acids is 1. The van der Waals surface area contributed by atoms with Crippen LogP contribution in [0.3, 0.4) is 0 Å². The van der Waals surface area contributed by atoms with Crippen LogP contribution in [0.2, 0.25) is 0 Å². The van der Waals surface area contributed by atoms with E-state index < -0.39 is 32.5 Å². The maximum absolute atomic E-state index is 12.4. The predicted octanol–water partition coefficient (Wildman–Crippen LogP) is 2.21. The smallest absolute Gasteiger partial charge is 0.379 e. The number of nitro benzene ring substituents is 1. The lowest BCUT2D eigenvalue weighted by molar-refractivity contribution is -0.384. The minimum absolute atomic E-state index is 0.0419. The standard InChI is InChI=1S/C15H18F3N3O5S/c1-27(25,26)11-2-3-12(13(8-11)21(23)24)19-9-10-4-6-20(7-5-10)14(22)15(16,17)18/h2-3,8,10,19H,4-7,9H2,1H3. The molecule has 1 aliphatic heterocycles. The van der Waals surface area contributed by atoms with Crippen molar-refractivity contribution in [2.24, 2.45) is 5.92 Å². The second-order valence-electron chi connectivity index (χ2n) is 6.32. The molecule has 150 valence electrons.